The van der Waals surface area contributed by atoms with E-state index in [1.165, 1.54) is 0 Å². The summed E-state index contributed by atoms with van der Waals surface area (Å²) in [5.74, 6) is -1.01. The molecule has 0 amide bonds. The third-order valence-electron chi connectivity index (χ3n) is 3.36. The number of nitrogens with zero attached hydrogens (tertiary/aromatic N) is 1. The number of benzene rings is 1. The van der Waals surface area contributed by atoms with E-state index in [4.69, 9.17) is 0 Å². The first kappa shape index (κ1) is 13.1. The zero-order valence-corrected chi connectivity index (χ0v) is 10.9. The van der Waals surface area contributed by atoms with Gasteiger partial charge < -0.3 is 9.67 Å². The van der Waals surface area contributed by atoms with Crippen LogP contribution in [-0.2, 0) is 6.54 Å². The molecule has 0 atom stereocenters. The fourth-order valence-corrected chi connectivity index (χ4v) is 2.25. The molecule has 4 nitrogen and oxygen atoms in total. The van der Waals surface area contributed by atoms with Crippen LogP contribution >= 0.6 is 0 Å². The third kappa shape index (κ3) is 2.29. The Morgan fingerprint density at radius 2 is 1.84 bits per heavy atom. The highest BCUT2D eigenvalue weighted by molar-refractivity contribution is 5.91. The SMILES string of the molecule is Cc1c(C)c(C(=O)O)n(Cc2ccccc2)c1C=O. The van der Waals surface area contributed by atoms with Gasteiger partial charge in [0.15, 0.2) is 6.29 Å². The molecule has 1 aromatic heterocycles. The standard InChI is InChI=1S/C15H15NO3/c1-10-11(2)14(15(18)19)16(13(10)9-17)8-12-6-4-3-5-7-12/h3-7,9H,8H2,1-2H3,(H,18,19). The van der Waals surface area contributed by atoms with E-state index < -0.39 is 5.97 Å². The van der Waals surface area contributed by atoms with Crippen LogP contribution in [0.2, 0.25) is 0 Å². The number of carbonyl (C=O) groups is 2. The number of rotatable bonds is 4. The van der Waals surface area contributed by atoms with Crippen LogP contribution < -0.4 is 0 Å². The molecule has 0 radical (unpaired) electrons. The Morgan fingerprint density at radius 3 is 2.37 bits per heavy atom. The van der Waals surface area contributed by atoms with Crippen molar-refractivity contribution in [2.75, 3.05) is 0 Å². The number of carboxylic acids is 1. The third-order valence-corrected chi connectivity index (χ3v) is 3.36. The molecule has 1 aromatic carbocycles. The summed E-state index contributed by atoms with van der Waals surface area (Å²) in [6, 6.07) is 9.49. The van der Waals surface area contributed by atoms with Crippen LogP contribution in [0.25, 0.3) is 0 Å². The van der Waals surface area contributed by atoms with Gasteiger partial charge in [-0.05, 0) is 30.5 Å². The summed E-state index contributed by atoms with van der Waals surface area (Å²) >= 11 is 0. The van der Waals surface area contributed by atoms with Gasteiger partial charge in [0.05, 0.1) is 5.69 Å². The monoisotopic (exact) mass is 257 g/mol. The lowest BCUT2D eigenvalue weighted by Gasteiger charge is -2.09. The number of aromatic carboxylic acids is 1. The Bertz CT molecular complexity index is 627. The molecule has 0 unspecified atom stereocenters. The second kappa shape index (κ2) is 5.10. The Balaban J connectivity index is 2.58. The van der Waals surface area contributed by atoms with Gasteiger partial charge in [0.2, 0.25) is 0 Å². The average Bonchev–Trinajstić information content (AvgIpc) is 2.62. The molecule has 0 fully saturated rings. The maximum atomic E-state index is 11.4. The van der Waals surface area contributed by atoms with Crippen molar-refractivity contribution in [1.29, 1.82) is 0 Å². The molecule has 2 aromatic rings. The highest BCUT2D eigenvalue weighted by Crippen LogP contribution is 2.22. The first-order chi connectivity index (χ1) is 9.06. The van der Waals surface area contributed by atoms with Gasteiger partial charge in [-0.1, -0.05) is 30.3 Å². The van der Waals surface area contributed by atoms with Crippen molar-refractivity contribution in [3.8, 4) is 0 Å². The van der Waals surface area contributed by atoms with Crippen LogP contribution in [0.1, 0.15) is 37.7 Å². The van der Waals surface area contributed by atoms with Gasteiger partial charge in [-0.2, -0.15) is 0 Å². The number of aldehydes is 1. The summed E-state index contributed by atoms with van der Waals surface area (Å²) in [7, 11) is 0. The average molecular weight is 257 g/mol. The predicted molar refractivity (Wildman–Crippen MR) is 71.8 cm³/mol. The van der Waals surface area contributed by atoms with E-state index in [9.17, 15) is 14.7 Å². The van der Waals surface area contributed by atoms with Crippen molar-refractivity contribution in [3.05, 3.63) is 58.4 Å². The van der Waals surface area contributed by atoms with Gasteiger partial charge in [0.1, 0.15) is 5.69 Å². The Morgan fingerprint density at radius 1 is 1.21 bits per heavy atom. The normalized spacial score (nSPS) is 10.4. The van der Waals surface area contributed by atoms with Crippen molar-refractivity contribution in [2.24, 2.45) is 0 Å². The molecule has 0 spiro atoms. The van der Waals surface area contributed by atoms with E-state index in [1.807, 2.05) is 30.3 Å². The second-order valence-corrected chi connectivity index (χ2v) is 4.48. The molecular formula is C15H15NO3. The fourth-order valence-electron chi connectivity index (χ4n) is 2.25. The summed E-state index contributed by atoms with van der Waals surface area (Å²) < 4.78 is 1.56. The van der Waals surface area contributed by atoms with Gasteiger partial charge in [0, 0.05) is 6.54 Å². The van der Waals surface area contributed by atoms with E-state index in [0.29, 0.717) is 17.8 Å². The second-order valence-electron chi connectivity index (χ2n) is 4.48. The molecule has 0 aliphatic carbocycles. The molecule has 0 aliphatic rings. The fraction of sp³-hybridized carbons (Fsp3) is 0.200. The molecule has 2 rings (SSSR count). The molecule has 4 heteroatoms. The molecule has 1 heterocycles. The number of hydrogen-bond donors (Lipinski definition) is 1. The van der Waals surface area contributed by atoms with Crippen LogP contribution in [0.5, 0.6) is 0 Å². The summed E-state index contributed by atoms with van der Waals surface area (Å²) in [6.07, 6.45) is 0.720. The number of carboxylic acid groups (broad SMARTS) is 1. The summed E-state index contributed by atoms with van der Waals surface area (Å²) in [6.45, 7) is 3.88. The largest absolute Gasteiger partial charge is 0.477 e. The Hall–Kier alpha value is -2.36. The first-order valence-electron chi connectivity index (χ1n) is 5.98. The first-order valence-corrected chi connectivity index (χ1v) is 5.98. The lowest BCUT2D eigenvalue weighted by atomic mass is 10.1. The zero-order valence-electron chi connectivity index (χ0n) is 10.9. The van der Waals surface area contributed by atoms with Gasteiger partial charge in [-0.15, -0.1) is 0 Å². The molecule has 19 heavy (non-hydrogen) atoms. The maximum absolute atomic E-state index is 11.4. The zero-order chi connectivity index (χ0) is 14.0. The molecule has 1 N–H and O–H groups in total. The van der Waals surface area contributed by atoms with E-state index in [2.05, 4.69) is 0 Å². The highest BCUT2D eigenvalue weighted by Gasteiger charge is 2.21. The molecule has 0 bridgehead atoms. The van der Waals surface area contributed by atoms with Gasteiger partial charge in [0.25, 0.3) is 0 Å². The van der Waals surface area contributed by atoms with Crippen LogP contribution in [0.15, 0.2) is 30.3 Å². The minimum atomic E-state index is -1.01. The Kier molecular flexibility index (Phi) is 3.51. The van der Waals surface area contributed by atoms with E-state index in [1.54, 1.807) is 18.4 Å². The number of aromatic nitrogens is 1. The molecule has 0 aliphatic heterocycles. The minimum absolute atomic E-state index is 0.184. The van der Waals surface area contributed by atoms with Gasteiger partial charge in [-0.3, -0.25) is 4.79 Å². The Labute approximate surface area is 111 Å². The van der Waals surface area contributed by atoms with Gasteiger partial charge in [-0.25, -0.2) is 4.79 Å². The van der Waals surface area contributed by atoms with Crippen LogP contribution in [0.4, 0.5) is 0 Å². The van der Waals surface area contributed by atoms with Crippen molar-refractivity contribution in [1.82, 2.24) is 4.57 Å². The highest BCUT2D eigenvalue weighted by atomic mass is 16.4. The van der Waals surface area contributed by atoms with Crippen molar-refractivity contribution in [3.63, 3.8) is 0 Å². The number of hydrogen-bond acceptors (Lipinski definition) is 2. The maximum Gasteiger partial charge on any atom is 0.352 e. The van der Waals surface area contributed by atoms with Crippen molar-refractivity contribution in [2.45, 2.75) is 20.4 Å². The minimum Gasteiger partial charge on any atom is -0.477 e. The van der Waals surface area contributed by atoms with Crippen LogP contribution in [0.3, 0.4) is 0 Å². The topological polar surface area (TPSA) is 59.3 Å². The summed E-state index contributed by atoms with van der Waals surface area (Å²) in [4.78, 5) is 22.6. The van der Waals surface area contributed by atoms with Crippen LogP contribution in [-0.4, -0.2) is 21.9 Å². The molecule has 0 saturated heterocycles. The van der Waals surface area contributed by atoms with Crippen molar-refractivity contribution < 1.29 is 14.7 Å². The van der Waals surface area contributed by atoms with Crippen molar-refractivity contribution >= 4 is 12.3 Å². The van der Waals surface area contributed by atoms with E-state index >= 15 is 0 Å². The summed E-state index contributed by atoms with van der Waals surface area (Å²) in [5, 5.41) is 9.32. The molecule has 0 saturated carbocycles. The quantitative estimate of drug-likeness (QED) is 0.857. The van der Waals surface area contributed by atoms with Gasteiger partial charge >= 0.3 is 5.97 Å². The molecule has 98 valence electrons. The van der Waals surface area contributed by atoms with Crippen LogP contribution in [0, 0.1) is 13.8 Å². The lowest BCUT2D eigenvalue weighted by Crippen LogP contribution is -2.12. The smallest absolute Gasteiger partial charge is 0.352 e. The summed E-state index contributed by atoms with van der Waals surface area (Å²) in [5.41, 5.74) is 2.94. The van der Waals surface area contributed by atoms with E-state index in [0.717, 1.165) is 17.4 Å². The lowest BCUT2D eigenvalue weighted by molar-refractivity contribution is 0.0684. The van der Waals surface area contributed by atoms with E-state index in [-0.39, 0.29) is 5.69 Å². The number of carbonyl (C=O) groups excluding carboxylic acids is 1. The predicted octanol–water partition coefficient (Wildman–Crippen LogP) is 2.66. The molecular weight excluding hydrogens is 242 g/mol.